The standard InChI is InChI=1S/C66H68Br2N2O20/c1-31(2)21-37(25-83-49(71)17-19-51(73)89-39(27-85-63(79)33(5)6)28-86-64(80)34(7)8)69-59(75)43-15-13-41-56-48(68)24-46-54-44(16-14-42(58(54)56)55-47(67)23-45(61(69)77)53(43)57(41)55)60(76)70(62(46)78)38(22-32(3)4)26-84-50(72)18-20-52(74)90-40(29-87-65(81)35(9)10)30-88-66(82)36(11)12/h13-16,23-24,31-32,37-40H,5,7,9,11,17-22,25-30H2,1-4,6,8,10,12H3. The zero-order valence-electron chi connectivity index (χ0n) is 51.1. The van der Waals surface area contributed by atoms with Crippen molar-refractivity contribution in [2.45, 2.75) is 118 Å². The summed E-state index contributed by atoms with van der Waals surface area (Å²) >= 11 is 7.51. The molecule has 2 aliphatic heterocycles. The molecule has 2 unspecified atom stereocenters. The lowest BCUT2D eigenvalue weighted by atomic mass is 9.81. The van der Waals surface area contributed by atoms with Crippen molar-refractivity contribution in [1.29, 1.82) is 0 Å². The number of amides is 4. The molecule has 5 aromatic rings. The number of ether oxygens (including phenoxy) is 8. The van der Waals surface area contributed by atoms with Gasteiger partial charge in [-0.25, -0.2) is 19.2 Å². The van der Waals surface area contributed by atoms with Gasteiger partial charge in [-0.15, -0.1) is 0 Å². The van der Waals surface area contributed by atoms with Crippen molar-refractivity contribution < 1.29 is 95.4 Å². The van der Waals surface area contributed by atoms with Gasteiger partial charge in [0.2, 0.25) is 0 Å². The molecular formula is C66H68Br2N2O20. The lowest BCUT2D eigenvalue weighted by Gasteiger charge is -2.36. The minimum absolute atomic E-state index is 0.0788. The Hall–Kier alpha value is -8.64. The smallest absolute Gasteiger partial charge is 0.333 e. The first-order valence-corrected chi connectivity index (χ1v) is 30.4. The summed E-state index contributed by atoms with van der Waals surface area (Å²) < 4.78 is 43.3. The number of hydrogen-bond donors (Lipinski definition) is 0. The number of esters is 8. The molecule has 22 nitrogen and oxygen atoms in total. The van der Waals surface area contributed by atoms with Gasteiger partial charge in [0, 0.05) is 85.8 Å². The molecule has 476 valence electrons. The predicted octanol–water partition coefficient (Wildman–Crippen LogP) is 10.2. The molecule has 4 amide bonds. The molecule has 90 heavy (non-hydrogen) atoms. The Kier molecular flexibility index (Phi) is 22.4. The molecule has 0 saturated heterocycles. The van der Waals surface area contributed by atoms with Crippen LogP contribution < -0.4 is 0 Å². The number of nitrogens with zero attached hydrogens (tertiary/aromatic N) is 2. The van der Waals surface area contributed by atoms with E-state index >= 15 is 0 Å². The fourth-order valence-electron chi connectivity index (χ4n) is 10.5. The average Bonchev–Trinajstić information content (AvgIpc) is 0.686. The van der Waals surface area contributed by atoms with Crippen LogP contribution >= 0.6 is 31.9 Å². The Morgan fingerprint density at radius 2 is 0.689 bits per heavy atom. The summed E-state index contributed by atoms with van der Waals surface area (Å²) in [5.41, 5.74) is 1.03. The zero-order chi connectivity index (χ0) is 66.3. The molecular weight excluding hydrogens is 1300 g/mol. The molecule has 0 aliphatic carbocycles. The van der Waals surface area contributed by atoms with E-state index < -0.39 is 161 Å². The Morgan fingerprint density at radius 3 is 0.978 bits per heavy atom. The summed E-state index contributed by atoms with van der Waals surface area (Å²) in [6.45, 7) is 24.4. The highest BCUT2D eigenvalue weighted by Gasteiger charge is 2.43. The van der Waals surface area contributed by atoms with Gasteiger partial charge in [0.05, 0.1) is 37.8 Å². The summed E-state index contributed by atoms with van der Waals surface area (Å²) in [6, 6.07) is 8.00. The zero-order valence-corrected chi connectivity index (χ0v) is 54.2. The van der Waals surface area contributed by atoms with Crippen molar-refractivity contribution >= 4 is 146 Å². The maximum absolute atomic E-state index is 14.9. The minimum atomic E-state index is -1.23. The lowest BCUT2D eigenvalue weighted by Crippen LogP contribution is -2.50. The molecule has 0 aromatic heterocycles. The molecule has 0 saturated carbocycles. The van der Waals surface area contributed by atoms with E-state index in [9.17, 15) is 57.5 Å². The monoisotopic (exact) mass is 1370 g/mol. The van der Waals surface area contributed by atoms with Crippen LogP contribution in [0.4, 0.5) is 0 Å². The van der Waals surface area contributed by atoms with E-state index in [1.165, 1.54) is 27.7 Å². The van der Waals surface area contributed by atoms with Crippen molar-refractivity contribution in [1.82, 2.24) is 9.80 Å². The summed E-state index contributed by atoms with van der Waals surface area (Å²) in [5, 5.41) is 4.17. The van der Waals surface area contributed by atoms with E-state index in [0.29, 0.717) is 52.0 Å². The maximum atomic E-state index is 14.9. The number of halogens is 2. The van der Waals surface area contributed by atoms with Gasteiger partial charge in [-0.05, 0) is 87.4 Å². The number of carbonyl (C=O) groups excluding carboxylic acids is 12. The van der Waals surface area contributed by atoms with Crippen molar-refractivity contribution in [3.63, 3.8) is 0 Å². The van der Waals surface area contributed by atoms with Crippen molar-refractivity contribution in [3.05, 3.63) is 116 Å². The molecule has 5 aromatic carbocycles. The summed E-state index contributed by atoms with van der Waals surface area (Å²) in [4.78, 5) is 162. The van der Waals surface area contributed by atoms with Gasteiger partial charge in [0.15, 0.2) is 12.2 Å². The second-order valence-electron chi connectivity index (χ2n) is 23.0. The normalized spacial score (nSPS) is 13.5. The van der Waals surface area contributed by atoms with Crippen LogP contribution in [-0.2, 0) is 76.3 Å². The van der Waals surface area contributed by atoms with Crippen LogP contribution in [0.25, 0.3) is 43.1 Å². The average molecular weight is 1370 g/mol. The highest BCUT2D eigenvalue weighted by atomic mass is 79.9. The highest BCUT2D eigenvalue weighted by molar-refractivity contribution is 9.11. The Morgan fingerprint density at radius 1 is 0.400 bits per heavy atom. The van der Waals surface area contributed by atoms with Crippen molar-refractivity contribution in [2.75, 3.05) is 39.6 Å². The number of carbonyl (C=O) groups is 12. The SMILES string of the molecule is C=C(C)C(=O)OCC(COC(=O)C(=C)C)OC(=O)CCC(=O)OCC(CC(C)C)N1C(=O)c2ccc3c4c(Br)cc5c6c(ccc(c7c(Br)cc(c2c37)C1=O)c64)C(=O)N(C(COC(=O)CCC(=O)OC(COC(=O)C(=C)C)COC(=O)C(=C)C)CC(C)C)C5=O. The van der Waals surface area contributed by atoms with Crippen LogP contribution in [0, 0.1) is 11.8 Å². The molecule has 24 heteroatoms. The Balaban J connectivity index is 1.10. The molecule has 0 bridgehead atoms. The Labute approximate surface area is 534 Å². The lowest BCUT2D eigenvalue weighted by molar-refractivity contribution is -0.165. The van der Waals surface area contributed by atoms with Crippen LogP contribution in [0.15, 0.2) is 94.0 Å². The van der Waals surface area contributed by atoms with Crippen LogP contribution in [0.5, 0.6) is 0 Å². The fourth-order valence-corrected chi connectivity index (χ4v) is 11.8. The largest absolute Gasteiger partial charge is 0.463 e. The van der Waals surface area contributed by atoms with E-state index in [1.54, 1.807) is 36.4 Å². The van der Waals surface area contributed by atoms with E-state index in [1.807, 2.05) is 27.7 Å². The van der Waals surface area contributed by atoms with E-state index in [0.717, 1.165) is 9.80 Å². The summed E-state index contributed by atoms with van der Waals surface area (Å²) in [5.74, 6) is -9.41. The van der Waals surface area contributed by atoms with Crippen LogP contribution in [0.1, 0.15) is 135 Å². The number of imide groups is 2. The topological polar surface area (TPSA) is 285 Å². The molecule has 2 aliphatic rings. The predicted molar refractivity (Wildman–Crippen MR) is 334 cm³/mol. The number of fused-ring (bicyclic) bond motifs is 2. The summed E-state index contributed by atoms with van der Waals surface area (Å²) in [7, 11) is 0. The maximum Gasteiger partial charge on any atom is 0.333 e. The van der Waals surface area contributed by atoms with E-state index in [-0.39, 0.29) is 69.2 Å². The van der Waals surface area contributed by atoms with Crippen molar-refractivity contribution in [3.8, 4) is 0 Å². The Bertz CT molecular complexity index is 3570. The van der Waals surface area contributed by atoms with Gasteiger partial charge in [0.25, 0.3) is 23.6 Å². The van der Waals surface area contributed by atoms with Gasteiger partial charge < -0.3 is 37.9 Å². The first-order valence-electron chi connectivity index (χ1n) is 28.8. The van der Waals surface area contributed by atoms with Gasteiger partial charge in [-0.3, -0.25) is 48.2 Å². The molecule has 2 heterocycles. The highest BCUT2D eigenvalue weighted by Crippen LogP contribution is 2.51. The van der Waals surface area contributed by atoms with Crippen molar-refractivity contribution in [2.24, 2.45) is 11.8 Å². The number of benzene rings is 5. The van der Waals surface area contributed by atoms with Crippen LogP contribution in [0.2, 0.25) is 0 Å². The number of hydrogen-bond acceptors (Lipinski definition) is 20. The number of rotatable bonds is 30. The molecule has 0 radical (unpaired) electrons. The van der Waals surface area contributed by atoms with Crippen LogP contribution in [0.3, 0.4) is 0 Å². The first kappa shape index (κ1) is 68.8. The molecule has 0 fully saturated rings. The summed E-state index contributed by atoms with van der Waals surface area (Å²) in [6.07, 6.45) is -3.95. The van der Waals surface area contributed by atoms with E-state index in [4.69, 9.17) is 37.9 Å². The third-order valence-corrected chi connectivity index (χ3v) is 15.8. The van der Waals surface area contributed by atoms with Gasteiger partial charge in [0.1, 0.15) is 39.6 Å². The second-order valence-corrected chi connectivity index (χ2v) is 24.7. The molecule has 2 atom stereocenters. The fraction of sp³-hybridized carbons (Fsp3) is 0.394. The molecule has 7 rings (SSSR count). The minimum Gasteiger partial charge on any atom is -0.463 e. The quantitative estimate of drug-likeness (QED) is 0.0103. The van der Waals surface area contributed by atoms with Gasteiger partial charge >= 0.3 is 47.8 Å². The third-order valence-electron chi connectivity index (χ3n) is 14.6. The van der Waals surface area contributed by atoms with E-state index in [2.05, 4.69) is 58.2 Å². The van der Waals surface area contributed by atoms with Gasteiger partial charge in [-0.1, -0.05) is 98.0 Å². The van der Waals surface area contributed by atoms with Crippen LogP contribution in [-0.4, -0.2) is 145 Å². The first-order chi connectivity index (χ1) is 42.4. The molecule has 0 N–H and O–H groups in total. The molecule has 0 spiro atoms. The third kappa shape index (κ3) is 15.5. The second kappa shape index (κ2) is 29.3. The van der Waals surface area contributed by atoms with Gasteiger partial charge in [-0.2, -0.15) is 0 Å².